The van der Waals surface area contributed by atoms with Gasteiger partial charge in [0.05, 0.1) is 23.4 Å². The minimum atomic E-state index is -4.50. The van der Waals surface area contributed by atoms with Gasteiger partial charge < -0.3 is 9.64 Å². The molecule has 3 rings (SSSR count). The van der Waals surface area contributed by atoms with Gasteiger partial charge in [0.1, 0.15) is 17.2 Å². The highest BCUT2D eigenvalue weighted by Crippen LogP contribution is 2.34. The number of nitriles is 1. The van der Waals surface area contributed by atoms with Gasteiger partial charge in [0.2, 0.25) is 5.88 Å². The maximum atomic E-state index is 12.6. The third-order valence-corrected chi connectivity index (χ3v) is 4.19. The van der Waals surface area contributed by atoms with Gasteiger partial charge in [-0.2, -0.15) is 18.4 Å². The Morgan fingerprint density at radius 1 is 1.32 bits per heavy atom. The van der Waals surface area contributed by atoms with Crippen LogP contribution in [-0.4, -0.2) is 24.2 Å². The second kappa shape index (κ2) is 6.81. The molecule has 0 spiro atoms. The highest BCUT2D eigenvalue weighted by atomic mass is 35.5. The summed E-state index contributed by atoms with van der Waals surface area (Å²) in [6, 6.07) is 10.2. The standard InChI is InChI=1S/C17H13ClF3N3O/c18-14-7-12(17(19,20)21)9-23-16(14)25-13-5-6-24(10-13)15-4-2-1-3-11(15)8-22/h1-4,7,9,13H,5-6,10H2/t13-/m1/s1. The molecule has 1 aliphatic heterocycles. The highest BCUT2D eigenvalue weighted by molar-refractivity contribution is 6.31. The van der Waals surface area contributed by atoms with Crippen LogP contribution < -0.4 is 9.64 Å². The van der Waals surface area contributed by atoms with E-state index in [-0.39, 0.29) is 17.0 Å². The van der Waals surface area contributed by atoms with Crippen molar-refractivity contribution in [1.82, 2.24) is 4.98 Å². The zero-order chi connectivity index (χ0) is 18.0. The number of hydrogen-bond acceptors (Lipinski definition) is 4. The molecule has 8 heteroatoms. The molecular weight excluding hydrogens is 355 g/mol. The maximum Gasteiger partial charge on any atom is 0.417 e. The lowest BCUT2D eigenvalue weighted by Crippen LogP contribution is -2.25. The van der Waals surface area contributed by atoms with Gasteiger partial charge in [-0.05, 0) is 18.2 Å². The number of anilines is 1. The molecule has 0 N–H and O–H groups in total. The smallest absolute Gasteiger partial charge is 0.417 e. The number of nitrogens with zero attached hydrogens (tertiary/aromatic N) is 3. The van der Waals surface area contributed by atoms with Crippen LogP contribution in [0.3, 0.4) is 0 Å². The summed E-state index contributed by atoms with van der Waals surface area (Å²) in [6.07, 6.45) is -3.41. The van der Waals surface area contributed by atoms with Crippen LogP contribution >= 0.6 is 11.6 Å². The van der Waals surface area contributed by atoms with Gasteiger partial charge in [0, 0.05) is 19.2 Å². The van der Waals surface area contributed by atoms with Gasteiger partial charge in [0.15, 0.2) is 0 Å². The van der Waals surface area contributed by atoms with Gasteiger partial charge in [-0.3, -0.25) is 0 Å². The van der Waals surface area contributed by atoms with Crippen LogP contribution in [0.1, 0.15) is 17.5 Å². The predicted octanol–water partition coefficient (Wildman–Crippen LogP) is 4.28. The van der Waals surface area contributed by atoms with Crippen molar-refractivity contribution in [3.63, 3.8) is 0 Å². The number of halogens is 4. The number of benzene rings is 1. The lowest BCUT2D eigenvalue weighted by Gasteiger charge is -2.20. The van der Waals surface area contributed by atoms with Gasteiger partial charge in [-0.25, -0.2) is 4.98 Å². The van der Waals surface area contributed by atoms with E-state index in [2.05, 4.69) is 11.1 Å². The third-order valence-electron chi connectivity index (χ3n) is 3.92. The lowest BCUT2D eigenvalue weighted by molar-refractivity contribution is -0.137. The van der Waals surface area contributed by atoms with Crippen LogP contribution in [0.5, 0.6) is 5.88 Å². The molecule has 0 bridgehead atoms. The van der Waals surface area contributed by atoms with E-state index in [9.17, 15) is 18.4 Å². The average Bonchev–Trinajstić information content (AvgIpc) is 3.04. The molecule has 2 aromatic rings. The summed E-state index contributed by atoms with van der Waals surface area (Å²) in [5, 5.41) is 9.01. The molecule has 2 heterocycles. The fourth-order valence-electron chi connectivity index (χ4n) is 2.71. The highest BCUT2D eigenvalue weighted by Gasteiger charge is 2.32. The summed E-state index contributed by atoms with van der Waals surface area (Å²) in [6.45, 7) is 1.17. The molecule has 0 saturated carbocycles. The normalized spacial score (nSPS) is 17.4. The number of ether oxygens (including phenoxy) is 1. The fourth-order valence-corrected chi connectivity index (χ4v) is 2.92. The molecule has 0 radical (unpaired) electrons. The van der Waals surface area contributed by atoms with Crippen molar-refractivity contribution in [2.45, 2.75) is 18.7 Å². The van der Waals surface area contributed by atoms with Crippen molar-refractivity contribution in [2.75, 3.05) is 18.0 Å². The van der Waals surface area contributed by atoms with E-state index in [0.717, 1.165) is 11.8 Å². The van der Waals surface area contributed by atoms with E-state index >= 15 is 0 Å². The first-order valence-corrected chi connectivity index (χ1v) is 7.90. The van der Waals surface area contributed by atoms with E-state index < -0.39 is 11.7 Å². The first-order valence-electron chi connectivity index (χ1n) is 7.52. The van der Waals surface area contributed by atoms with E-state index in [0.29, 0.717) is 31.3 Å². The van der Waals surface area contributed by atoms with Crippen molar-refractivity contribution < 1.29 is 17.9 Å². The summed E-state index contributed by atoms with van der Waals surface area (Å²) in [7, 11) is 0. The monoisotopic (exact) mass is 367 g/mol. The number of pyridine rings is 1. The van der Waals surface area contributed by atoms with Crippen molar-refractivity contribution in [3.05, 3.63) is 52.7 Å². The Kier molecular flexibility index (Phi) is 4.73. The Balaban J connectivity index is 1.71. The van der Waals surface area contributed by atoms with Crippen LogP contribution in [0.2, 0.25) is 5.02 Å². The number of rotatable bonds is 3. The van der Waals surface area contributed by atoms with Gasteiger partial charge in [0.25, 0.3) is 0 Å². The predicted molar refractivity (Wildman–Crippen MR) is 86.7 cm³/mol. The topological polar surface area (TPSA) is 49.2 Å². The quantitative estimate of drug-likeness (QED) is 0.812. The molecular formula is C17H13ClF3N3O. The first kappa shape index (κ1) is 17.4. The Labute approximate surface area is 147 Å². The molecule has 130 valence electrons. The molecule has 4 nitrogen and oxygen atoms in total. The van der Waals surface area contributed by atoms with Crippen LogP contribution in [0.15, 0.2) is 36.5 Å². The molecule has 1 aromatic carbocycles. The first-order chi connectivity index (χ1) is 11.9. The van der Waals surface area contributed by atoms with E-state index in [4.69, 9.17) is 16.3 Å². The van der Waals surface area contributed by atoms with Crippen LogP contribution in [-0.2, 0) is 6.18 Å². The van der Waals surface area contributed by atoms with Crippen molar-refractivity contribution >= 4 is 17.3 Å². The minimum Gasteiger partial charge on any atom is -0.471 e. The average molecular weight is 368 g/mol. The van der Waals surface area contributed by atoms with Gasteiger partial charge in [-0.1, -0.05) is 23.7 Å². The van der Waals surface area contributed by atoms with Gasteiger partial charge >= 0.3 is 6.18 Å². The largest absolute Gasteiger partial charge is 0.471 e. The van der Waals surface area contributed by atoms with Crippen molar-refractivity contribution in [2.24, 2.45) is 0 Å². The zero-order valence-corrected chi connectivity index (χ0v) is 13.7. The molecule has 0 aliphatic carbocycles. The van der Waals surface area contributed by atoms with E-state index in [1.165, 1.54) is 0 Å². The van der Waals surface area contributed by atoms with E-state index in [1.807, 2.05) is 17.0 Å². The van der Waals surface area contributed by atoms with E-state index in [1.54, 1.807) is 12.1 Å². The second-order valence-electron chi connectivity index (χ2n) is 5.61. The molecule has 1 saturated heterocycles. The molecule has 0 amide bonds. The molecule has 1 aromatic heterocycles. The van der Waals surface area contributed by atoms with Crippen LogP contribution in [0.4, 0.5) is 18.9 Å². The summed E-state index contributed by atoms with van der Waals surface area (Å²) in [5.74, 6) is -0.0184. The van der Waals surface area contributed by atoms with Crippen molar-refractivity contribution in [3.8, 4) is 11.9 Å². The number of hydrogen-bond donors (Lipinski definition) is 0. The second-order valence-corrected chi connectivity index (χ2v) is 6.02. The Morgan fingerprint density at radius 3 is 2.76 bits per heavy atom. The Hall–Kier alpha value is -2.46. The maximum absolute atomic E-state index is 12.6. The van der Waals surface area contributed by atoms with Crippen LogP contribution in [0.25, 0.3) is 0 Å². The lowest BCUT2D eigenvalue weighted by atomic mass is 10.2. The molecule has 1 atom stereocenters. The number of aromatic nitrogens is 1. The van der Waals surface area contributed by atoms with Gasteiger partial charge in [-0.15, -0.1) is 0 Å². The summed E-state index contributed by atoms with van der Waals surface area (Å²) >= 11 is 5.87. The SMILES string of the molecule is N#Cc1ccccc1N1CC[C@@H](Oc2ncc(C(F)(F)F)cc2Cl)C1. The Morgan fingerprint density at radius 2 is 2.08 bits per heavy atom. The number of alkyl halides is 3. The fraction of sp³-hybridized carbons (Fsp3) is 0.294. The number of para-hydroxylation sites is 1. The molecule has 25 heavy (non-hydrogen) atoms. The summed E-state index contributed by atoms with van der Waals surface area (Å²) in [4.78, 5) is 5.70. The third kappa shape index (κ3) is 3.80. The molecule has 0 unspecified atom stereocenters. The summed E-state index contributed by atoms with van der Waals surface area (Å²) in [5.41, 5.74) is 0.456. The molecule has 1 aliphatic rings. The summed E-state index contributed by atoms with van der Waals surface area (Å²) < 4.78 is 43.6. The Bertz CT molecular complexity index is 820. The van der Waals surface area contributed by atoms with Crippen LogP contribution in [0, 0.1) is 11.3 Å². The minimum absolute atomic E-state index is 0.0184. The van der Waals surface area contributed by atoms with Crippen molar-refractivity contribution in [1.29, 1.82) is 5.26 Å². The zero-order valence-electron chi connectivity index (χ0n) is 12.9. The molecule has 1 fully saturated rings.